The third kappa shape index (κ3) is 2.60. The third-order valence-electron chi connectivity index (χ3n) is 3.64. The monoisotopic (exact) mass is 310 g/mol. The van der Waals surface area contributed by atoms with E-state index in [0.717, 1.165) is 4.57 Å². The van der Waals surface area contributed by atoms with Crippen LogP contribution >= 0.6 is 11.6 Å². The van der Waals surface area contributed by atoms with E-state index in [1.165, 1.54) is 26.2 Å². The summed E-state index contributed by atoms with van der Waals surface area (Å²) in [4.78, 5) is 0. The fourth-order valence-electron chi connectivity index (χ4n) is 2.50. The molecule has 1 fully saturated rings. The zero-order valence-electron chi connectivity index (χ0n) is 10.7. The van der Waals surface area contributed by atoms with Crippen LogP contribution in [0.2, 0.25) is 5.02 Å². The number of pyridine rings is 1. The predicted molar refractivity (Wildman–Crippen MR) is 67.8 cm³/mol. The van der Waals surface area contributed by atoms with Crippen molar-refractivity contribution in [3.05, 3.63) is 28.8 Å². The van der Waals surface area contributed by atoms with E-state index in [1.54, 1.807) is 0 Å². The van der Waals surface area contributed by atoms with Crippen LogP contribution in [0.3, 0.4) is 0 Å². The highest BCUT2D eigenvalue weighted by Gasteiger charge is 2.48. The SMILES string of the molecule is CC1CS(=O)(=O)CCC1(F)c1cc(Cl)c[n+](C)c1F. The van der Waals surface area contributed by atoms with E-state index in [4.69, 9.17) is 11.6 Å². The minimum Gasteiger partial charge on any atom is -0.238 e. The van der Waals surface area contributed by atoms with Crippen molar-refractivity contribution in [3.63, 3.8) is 0 Å². The summed E-state index contributed by atoms with van der Waals surface area (Å²) < 4.78 is 53.3. The van der Waals surface area contributed by atoms with E-state index in [2.05, 4.69) is 0 Å². The number of nitrogens with zero attached hydrogens (tertiary/aromatic N) is 1. The number of rotatable bonds is 1. The molecule has 7 heteroatoms. The fourth-order valence-corrected chi connectivity index (χ4v) is 4.56. The lowest BCUT2D eigenvalue weighted by Gasteiger charge is -2.34. The summed E-state index contributed by atoms with van der Waals surface area (Å²) in [5, 5.41) is 0.219. The normalized spacial score (nSPS) is 30.3. The lowest BCUT2D eigenvalue weighted by atomic mass is 9.83. The number of aryl methyl sites for hydroxylation is 1. The van der Waals surface area contributed by atoms with Crippen molar-refractivity contribution >= 4 is 21.4 Å². The van der Waals surface area contributed by atoms with E-state index in [0.29, 0.717) is 0 Å². The molecule has 0 N–H and O–H groups in total. The molecule has 0 bridgehead atoms. The molecule has 2 rings (SSSR count). The molecular weight excluding hydrogens is 296 g/mol. The number of hydrogen-bond donors (Lipinski definition) is 0. The quantitative estimate of drug-likeness (QED) is 0.587. The van der Waals surface area contributed by atoms with E-state index >= 15 is 4.39 Å². The molecule has 2 atom stereocenters. The summed E-state index contributed by atoms with van der Waals surface area (Å²) in [5.74, 6) is -2.08. The molecule has 0 aliphatic carbocycles. The molecule has 19 heavy (non-hydrogen) atoms. The van der Waals surface area contributed by atoms with Gasteiger partial charge in [-0.05, 0) is 6.07 Å². The summed E-state index contributed by atoms with van der Waals surface area (Å²) in [6.45, 7) is 1.48. The van der Waals surface area contributed by atoms with E-state index in [9.17, 15) is 12.8 Å². The number of aromatic nitrogens is 1. The van der Waals surface area contributed by atoms with Crippen molar-refractivity contribution < 1.29 is 21.8 Å². The molecular formula is C12H15ClF2NO2S+. The van der Waals surface area contributed by atoms with Crippen LogP contribution in [0.1, 0.15) is 18.9 Å². The van der Waals surface area contributed by atoms with Gasteiger partial charge < -0.3 is 0 Å². The Morgan fingerprint density at radius 1 is 1.53 bits per heavy atom. The van der Waals surface area contributed by atoms with Crippen molar-refractivity contribution in [2.45, 2.75) is 19.0 Å². The summed E-state index contributed by atoms with van der Waals surface area (Å²) in [6, 6.07) is 1.24. The molecule has 1 aromatic heterocycles. The molecule has 106 valence electrons. The minimum atomic E-state index is -3.25. The molecule has 1 aliphatic rings. The molecule has 3 nitrogen and oxygen atoms in total. The second-order valence-electron chi connectivity index (χ2n) is 5.10. The molecule has 1 aliphatic heterocycles. The first-order valence-electron chi connectivity index (χ1n) is 5.90. The van der Waals surface area contributed by atoms with Gasteiger partial charge in [0.05, 0.1) is 17.1 Å². The van der Waals surface area contributed by atoms with Crippen molar-refractivity contribution in [1.29, 1.82) is 0 Å². The Morgan fingerprint density at radius 2 is 2.16 bits per heavy atom. The van der Waals surface area contributed by atoms with Crippen LogP contribution < -0.4 is 4.57 Å². The van der Waals surface area contributed by atoms with Crippen LogP contribution in [0.25, 0.3) is 0 Å². The lowest BCUT2D eigenvalue weighted by Crippen LogP contribution is -2.45. The Labute approximate surface area is 116 Å². The van der Waals surface area contributed by atoms with Crippen LogP contribution in [-0.4, -0.2) is 19.9 Å². The van der Waals surface area contributed by atoms with Crippen molar-refractivity contribution in [2.75, 3.05) is 11.5 Å². The van der Waals surface area contributed by atoms with Gasteiger partial charge in [-0.2, -0.15) is 4.57 Å². The maximum atomic E-state index is 15.1. The maximum Gasteiger partial charge on any atom is 0.365 e. The van der Waals surface area contributed by atoms with Gasteiger partial charge in [-0.25, -0.2) is 12.8 Å². The molecule has 0 aromatic carbocycles. The van der Waals surface area contributed by atoms with Gasteiger partial charge in [0.2, 0.25) is 0 Å². The predicted octanol–water partition coefficient (Wildman–Crippen LogP) is 1.92. The summed E-state index contributed by atoms with van der Waals surface area (Å²) >= 11 is 5.83. The van der Waals surface area contributed by atoms with Crippen LogP contribution in [0.15, 0.2) is 12.3 Å². The van der Waals surface area contributed by atoms with Crippen molar-refractivity contribution in [1.82, 2.24) is 0 Å². The van der Waals surface area contributed by atoms with Gasteiger partial charge >= 0.3 is 5.95 Å². The minimum absolute atomic E-state index is 0.162. The van der Waals surface area contributed by atoms with Crippen LogP contribution in [-0.2, 0) is 22.6 Å². The summed E-state index contributed by atoms with van der Waals surface area (Å²) in [6.07, 6.45) is 1.10. The first kappa shape index (κ1) is 14.7. The maximum absolute atomic E-state index is 15.1. The summed E-state index contributed by atoms with van der Waals surface area (Å²) in [5.41, 5.74) is -2.16. The smallest absolute Gasteiger partial charge is 0.238 e. The van der Waals surface area contributed by atoms with Gasteiger partial charge in [-0.3, -0.25) is 0 Å². The Morgan fingerprint density at radius 3 is 2.74 bits per heavy atom. The first-order chi connectivity index (χ1) is 8.66. The number of sulfone groups is 1. The van der Waals surface area contributed by atoms with Crippen molar-refractivity contribution in [3.8, 4) is 0 Å². The van der Waals surface area contributed by atoms with Gasteiger partial charge in [0.1, 0.15) is 17.7 Å². The highest BCUT2D eigenvalue weighted by molar-refractivity contribution is 7.91. The highest BCUT2D eigenvalue weighted by Crippen LogP contribution is 2.42. The Balaban J connectivity index is 2.52. The van der Waals surface area contributed by atoms with Crippen molar-refractivity contribution in [2.24, 2.45) is 13.0 Å². The van der Waals surface area contributed by atoms with E-state index in [1.807, 2.05) is 0 Å². The molecule has 0 saturated carbocycles. The molecule has 0 radical (unpaired) electrons. The second kappa shape index (κ2) is 4.66. The van der Waals surface area contributed by atoms with E-state index < -0.39 is 27.4 Å². The zero-order valence-corrected chi connectivity index (χ0v) is 12.2. The first-order valence-corrected chi connectivity index (χ1v) is 8.10. The van der Waals surface area contributed by atoms with E-state index in [-0.39, 0.29) is 28.5 Å². The lowest BCUT2D eigenvalue weighted by molar-refractivity contribution is -0.701. The Bertz CT molecular complexity index is 620. The standard InChI is InChI=1S/C12H15ClF2NO2S/c1-8-7-19(17,18)4-3-12(8,15)10-5-9(13)6-16(2)11(10)14/h5-6,8H,3-4,7H2,1-2H3/q+1. The van der Waals surface area contributed by atoms with Gasteiger partial charge in [-0.15, -0.1) is 4.39 Å². The van der Waals surface area contributed by atoms with Gasteiger partial charge in [0, 0.05) is 12.3 Å². The topological polar surface area (TPSA) is 38.0 Å². The van der Waals surface area contributed by atoms with Crippen LogP contribution in [0, 0.1) is 11.9 Å². The zero-order chi connectivity index (χ0) is 14.4. The molecule has 1 aromatic rings. The largest absolute Gasteiger partial charge is 0.365 e. The second-order valence-corrected chi connectivity index (χ2v) is 7.77. The molecule has 2 heterocycles. The van der Waals surface area contributed by atoms with Gasteiger partial charge in [0.15, 0.2) is 16.0 Å². The number of hydrogen-bond acceptors (Lipinski definition) is 2. The fraction of sp³-hybridized carbons (Fsp3) is 0.583. The highest BCUT2D eigenvalue weighted by atomic mass is 35.5. The average molecular weight is 311 g/mol. The number of halogens is 3. The summed E-state index contributed by atoms with van der Waals surface area (Å²) in [7, 11) is -1.82. The Kier molecular flexibility index (Phi) is 3.60. The molecule has 0 spiro atoms. The van der Waals surface area contributed by atoms with Gasteiger partial charge in [0.25, 0.3) is 0 Å². The van der Waals surface area contributed by atoms with Crippen LogP contribution in [0.4, 0.5) is 8.78 Å². The van der Waals surface area contributed by atoms with Crippen LogP contribution in [0.5, 0.6) is 0 Å². The number of alkyl halides is 1. The average Bonchev–Trinajstić information content (AvgIpc) is 2.29. The molecule has 2 unspecified atom stereocenters. The molecule has 0 amide bonds. The third-order valence-corrected chi connectivity index (χ3v) is 5.68. The Hall–Kier alpha value is -0.750. The molecule has 1 saturated heterocycles. The van der Waals surface area contributed by atoms with Gasteiger partial charge in [-0.1, -0.05) is 18.5 Å².